The van der Waals surface area contributed by atoms with E-state index in [2.05, 4.69) is 21.1 Å². The summed E-state index contributed by atoms with van der Waals surface area (Å²) in [6, 6.07) is 9.42. The molecule has 2 bridgehead atoms. The Hall–Kier alpha value is -3.27. The summed E-state index contributed by atoms with van der Waals surface area (Å²) in [6.45, 7) is 2.56. The van der Waals surface area contributed by atoms with Gasteiger partial charge in [-0.05, 0) is 61.6 Å². The molecule has 0 radical (unpaired) electrons. The van der Waals surface area contributed by atoms with Gasteiger partial charge in [0, 0.05) is 37.0 Å². The Labute approximate surface area is 181 Å². The first-order valence-corrected chi connectivity index (χ1v) is 10.9. The molecule has 0 spiro atoms. The number of carbonyl (C=O) groups is 1. The van der Waals surface area contributed by atoms with Crippen LogP contribution in [0.3, 0.4) is 0 Å². The zero-order chi connectivity index (χ0) is 21.4. The Morgan fingerprint density at radius 3 is 2.74 bits per heavy atom. The van der Waals surface area contributed by atoms with Crippen LogP contribution in [0.5, 0.6) is 5.88 Å². The van der Waals surface area contributed by atoms with Crippen LogP contribution >= 0.6 is 0 Å². The van der Waals surface area contributed by atoms with Crippen molar-refractivity contribution < 1.29 is 9.53 Å². The Kier molecular flexibility index (Phi) is 5.14. The van der Waals surface area contributed by atoms with Crippen molar-refractivity contribution in [2.24, 2.45) is 28.8 Å². The topological polar surface area (TPSA) is 91.5 Å². The lowest BCUT2D eigenvalue weighted by atomic mass is 9.55. The van der Waals surface area contributed by atoms with Crippen LogP contribution in [0.2, 0.25) is 0 Å². The van der Waals surface area contributed by atoms with E-state index in [0.717, 1.165) is 30.5 Å². The molecular weight excluding hydrogens is 390 g/mol. The van der Waals surface area contributed by atoms with Crippen molar-refractivity contribution in [1.82, 2.24) is 15.0 Å². The largest absolute Gasteiger partial charge is 0.477 e. The van der Waals surface area contributed by atoms with Crippen molar-refractivity contribution in [3.63, 3.8) is 0 Å². The van der Waals surface area contributed by atoms with Gasteiger partial charge in [-0.1, -0.05) is 6.07 Å². The van der Waals surface area contributed by atoms with Crippen LogP contribution in [0.4, 0.5) is 0 Å². The number of hydrogen-bond acceptors (Lipinski definition) is 6. The summed E-state index contributed by atoms with van der Waals surface area (Å²) in [5, 5.41) is 15.0. The maximum atomic E-state index is 13.5. The van der Waals surface area contributed by atoms with E-state index in [1.165, 1.54) is 6.20 Å². The molecule has 2 unspecified atom stereocenters. The number of nitriles is 1. The van der Waals surface area contributed by atoms with E-state index in [1.807, 2.05) is 31.5 Å². The Balaban J connectivity index is 1.24. The fourth-order valence-corrected chi connectivity index (χ4v) is 5.08. The molecule has 1 aliphatic heterocycles. The second-order valence-corrected chi connectivity index (χ2v) is 8.89. The number of amides is 1. The van der Waals surface area contributed by atoms with Gasteiger partial charge in [0.15, 0.2) is 0 Å². The molecule has 3 fully saturated rings. The van der Waals surface area contributed by atoms with Crippen molar-refractivity contribution in [2.45, 2.75) is 38.6 Å². The quantitative estimate of drug-likeness (QED) is 0.743. The molecule has 2 aromatic heterocycles. The van der Waals surface area contributed by atoms with E-state index in [9.17, 15) is 4.79 Å². The third kappa shape index (κ3) is 3.78. The average molecular weight is 415 g/mol. The first-order chi connectivity index (χ1) is 15.1. The minimum atomic E-state index is -0.108. The molecule has 3 saturated carbocycles. The summed E-state index contributed by atoms with van der Waals surface area (Å²) < 4.78 is 5.91. The molecule has 3 atom stereocenters. The lowest BCUT2D eigenvalue weighted by molar-refractivity contribution is -0.148. The standard InChI is InChI=1S/C24H25N5O2/c1-15-2-4-21(26-12-15)22-6-7-28-29(22)24(30)20-10-19(17-8-18(20)9-17)14-31-23-5-3-16(11-25)13-27-23/h2-5,7,12-13,17-20,22H,6,8-10,14H2,1H3/t17?,18?,19?,20-,22?/m0/s1. The Morgan fingerprint density at radius 2 is 2.03 bits per heavy atom. The van der Waals surface area contributed by atoms with E-state index < -0.39 is 0 Å². The van der Waals surface area contributed by atoms with Gasteiger partial charge in [-0.2, -0.15) is 10.4 Å². The third-order valence-electron chi connectivity index (χ3n) is 6.96. The number of rotatable bonds is 5. The van der Waals surface area contributed by atoms with Crippen LogP contribution in [0, 0.1) is 41.9 Å². The van der Waals surface area contributed by atoms with Crippen LogP contribution in [0.25, 0.3) is 0 Å². The van der Waals surface area contributed by atoms with E-state index in [4.69, 9.17) is 10.00 Å². The van der Waals surface area contributed by atoms with Gasteiger partial charge in [0.25, 0.3) is 0 Å². The van der Waals surface area contributed by atoms with E-state index in [1.54, 1.807) is 17.1 Å². The number of hydrazone groups is 1. The van der Waals surface area contributed by atoms with Crippen molar-refractivity contribution in [3.05, 3.63) is 53.5 Å². The highest BCUT2D eigenvalue weighted by Gasteiger charge is 2.50. The van der Waals surface area contributed by atoms with Crippen LogP contribution < -0.4 is 4.74 Å². The number of nitrogens with zero attached hydrogens (tertiary/aromatic N) is 5. The monoisotopic (exact) mass is 415 g/mol. The van der Waals surface area contributed by atoms with Gasteiger partial charge >= 0.3 is 0 Å². The van der Waals surface area contributed by atoms with Gasteiger partial charge in [-0.25, -0.2) is 9.99 Å². The van der Waals surface area contributed by atoms with Crippen LogP contribution in [0.1, 0.15) is 48.5 Å². The molecule has 6 rings (SSSR count). The highest BCUT2D eigenvalue weighted by Crippen LogP contribution is 2.53. The molecule has 0 saturated heterocycles. The normalized spacial score (nSPS) is 28.6. The zero-order valence-electron chi connectivity index (χ0n) is 17.5. The predicted octanol–water partition coefficient (Wildman–Crippen LogP) is 3.66. The predicted molar refractivity (Wildman–Crippen MR) is 114 cm³/mol. The number of hydrogen-bond donors (Lipinski definition) is 0. The van der Waals surface area contributed by atoms with Gasteiger partial charge in [0.05, 0.1) is 17.9 Å². The maximum Gasteiger partial charge on any atom is 0.246 e. The molecule has 3 heterocycles. The molecular formula is C24H25N5O2. The van der Waals surface area contributed by atoms with Gasteiger partial charge in [0.2, 0.25) is 11.8 Å². The second-order valence-electron chi connectivity index (χ2n) is 8.89. The summed E-state index contributed by atoms with van der Waals surface area (Å²) in [6.07, 6.45) is 8.88. The lowest BCUT2D eigenvalue weighted by Gasteiger charge is -2.51. The molecule has 1 amide bonds. The van der Waals surface area contributed by atoms with E-state index >= 15 is 0 Å². The van der Waals surface area contributed by atoms with Crippen LogP contribution in [-0.2, 0) is 4.79 Å². The molecule has 2 aromatic rings. The smallest absolute Gasteiger partial charge is 0.246 e. The SMILES string of the molecule is Cc1ccc(C2CC=NN2C(=O)[C@H]2CC(COc3ccc(C#N)cn3)C3CC2C3)nc1. The van der Waals surface area contributed by atoms with Crippen molar-refractivity contribution in [3.8, 4) is 11.9 Å². The molecule has 0 N–H and O–H groups in total. The van der Waals surface area contributed by atoms with Crippen molar-refractivity contribution >= 4 is 12.1 Å². The number of fused-ring (bicyclic) bond motifs is 2. The van der Waals surface area contributed by atoms with Crippen LogP contribution in [0.15, 0.2) is 41.8 Å². The molecule has 7 heteroatoms. The van der Waals surface area contributed by atoms with Crippen molar-refractivity contribution in [2.75, 3.05) is 6.61 Å². The highest BCUT2D eigenvalue weighted by atomic mass is 16.5. The number of carbonyl (C=O) groups excluding carboxylic acids is 1. The lowest BCUT2D eigenvalue weighted by Crippen LogP contribution is -2.50. The summed E-state index contributed by atoms with van der Waals surface area (Å²) in [5.74, 6) is 2.02. The van der Waals surface area contributed by atoms with Gasteiger partial charge < -0.3 is 4.74 Å². The zero-order valence-corrected chi connectivity index (χ0v) is 17.5. The number of aromatic nitrogens is 2. The van der Waals surface area contributed by atoms with Crippen molar-refractivity contribution in [1.29, 1.82) is 5.26 Å². The minimum Gasteiger partial charge on any atom is -0.477 e. The number of ether oxygens (including phenoxy) is 1. The molecule has 158 valence electrons. The van der Waals surface area contributed by atoms with E-state index in [-0.39, 0.29) is 17.9 Å². The van der Waals surface area contributed by atoms with Gasteiger partial charge in [-0.15, -0.1) is 0 Å². The van der Waals surface area contributed by atoms with Gasteiger partial charge in [-0.3, -0.25) is 9.78 Å². The molecule has 3 aliphatic carbocycles. The Bertz CT molecular complexity index is 1020. The number of pyridine rings is 2. The minimum absolute atomic E-state index is 0.0178. The summed E-state index contributed by atoms with van der Waals surface area (Å²) >= 11 is 0. The fraction of sp³-hybridized carbons (Fsp3) is 0.458. The second kappa shape index (κ2) is 8.10. The highest BCUT2D eigenvalue weighted by molar-refractivity contribution is 5.82. The van der Waals surface area contributed by atoms with E-state index in [0.29, 0.717) is 42.2 Å². The first kappa shape index (κ1) is 19.7. The van der Waals surface area contributed by atoms with Gasteiger partial charge in [0.1, 0.15) is 12.1 Å². The first-order valence-electron chi connectivity index (χ1n) is 10.9. The molecule has 7 nitrogen and oxygen atoms in total. The summed E-state index contributed by atoms with van der Waals surface area (Å²) in [4.78, 5) is 22.2. The fourth-order valence-electron chi connectivity index (χ4n) is 5.08. The molecule has 4 aliphatic rings. The maximum absolute atomic E-state index is 13.5. The average Bonchev–Trinajstić information content (AvgIpc) is 3.27. The third-order valence-corrected chi connectivity index (χ3v) is 6.96. The number of aryl methyl sites for hydroxylation is 1. The molecule has 31 heavy (non-hydrogen) atoms. The molecule has 0 aromatic carbocycles. The summed E-state index contributed by atoms with van der Waals surface area (Å²) in [5.41, 5.74) is 2.51. The Morgan fingerprint density at radius 1 is 1.16 bits per heavy atom. The van der Waals surface area contributed by atoms with Crippen LogP contribution in [-0.4, -0.2) is 33.7 Å². The summed E-state index contributed by atoms with van der Waals surface area (Å²) in [7, 11) is 0.